The van der Waals surface area contributed by atoms with E-state index in [1.54, 1.807) is 18.6 Å². The summed E-state index contributed by atoms with van der Waals surface area (Å²) in [6.07, 6.45) is 13.5. The number of amides is 1. The van der Waals surface area contributed by atoms with Gasteiger partial charge in [0.25, 0.3) is 0 Å². The standard InChI is InChI=1S/C18H27N3O2/c22-17-13-21(12-15(17)10-16-11-19-8-9-20-16)18(23)7-6-14-4-2-1-3-5-14/h8-9,11,14-15,17,22H,1-7,10,12-13H2. The Morgan fingerprint density at radius 3 is 2.78 bits per heavy atom. The van der Waals surface area contributed by atoms with Crippen molar-refractivity contribution >= 4 is 5.91 Å². The molecule has 2 unspecified atom stereocenters. The van der Waals surface area contributed by atoms with E-state index in [-0.39, 0.29) is 11.8 Å². The molecule has 0 aromatic carbocycles. The molecule has 1 saturated heterocycles. The third-order valence-electron chi connectivity index (χ3n) is 5.34. The first kappa shape index (κ1) is 16.4. The van der Waals surface area contributed by atoms with Crippen LogP contribution in [0.5, 0.6) is 0 Å². The van der Waals surface area contributed by atoms with Crippen LogP contribution >= 0.6 is 0 Å². The van der Waals surface area contributed by atoms with Gasteiger partial charge in [-0.25, -0.2) is 0 Å². The first-order chi connectivity index (χ1) is 11.2. The number of hydrogen-bond acceptors (Lipinski definition) is 4. The smallest absolute Gasteiger partial charge is 0.222 e. The summed E-state index contributed by atoms with van der Waals surface area (Å²) in [5, 5.41) is 10.2. The molecular weight excluding hydrogens is 290 g/mol. The van der Waals surface area contributed by atoms with Crippen molar-refractivity contribution < 1.29 is 9.90 Å². The highest BCUT2D eigenvalue weighted by Crippen LogP contribution is 2.28. The molecule has 126 valence electrons. The van der Waals surface area contributed by atoms with Gasteiger partial charge in [-0.1, -0.05) is 32.1 Å². The van der Waals surface area contributed by atoms with E-state index < -0.39 is 6.10 Å². The van der Waals surface area contributed by atoms with Crippen molar-refractivity contribution in [3.63, 3.8) is 0 Å². The van der Waals surface area contributed by atoms with E-state index in [4.69, 9.17) is 0 Å². The van der Waals surface area contributed by atoms with Crippen molar-refractivity contribution in [3.8, 4) is 0 Å². The summed E-state index contributed by atoms with van der Waals surface area (Å²) >= 11 is 0. The molecule has 5 nitrogen and oxygen atoms in total. The molecule has 5 heteroatoms. The second kappa shape index (κ2) is 7.86. The molecule has 0 spiro atoms. The lowest BCUT2D eigenvalue weighted by Gasteiger charge is -2.22. The van der Waals surface area contributed by atoms with Gasteiger partial charge < -0.3 is 10.0 Å². The average Bonchev–Trinajstić information content (AvgIpc) is 2.95. The Morgan fingerprint density at radius 2 is 2.04 bits per heavy atom. The van der Waals surface area contributed by atoms with Crippen LogP contribution < -0.4 is 0 Å². The highest BCUT2D eigenvalue weighted by atomic mass is 16.3. The molecule has 1 amide bonds. The molecule has 2 heterocycles. The van der Waals surface area contributed by atoms with E-state index in [0.29, 0.717) is 25.9 Å². The van der Waals surface area contributed by atoms with E-state index in [0.717, 1.165) is 18.0 Å². The van der Waals surface area contributed by atoms with Gasteiger partial charge in [-0.05, 0) is 18.8 Å². The summed E-state index contributed by atoms with van der Waals surface area (Å²) < 4.78 is 0. The molecule has 1 aromatic rings. The second-order valence-electron chi connectivity index (χ2n) is 7.07. The molecule has 2 aliphatic rings. The number of aliphatic hydroxyl groups is 1. The number of rotatable bonds is 5. The largest absolute Gasteiger partial charge is 0.391 e. The van der Waals surface area contributed by atoms with Gasteiger partial charge in [-0.3, -0.25) is 14.8 Å². The van der Waals surface area contributed by atoms with E-state index >= 15 is 0 Å². The molecule has 3 rings (SSSR count). The Balaban J connectivity index is 1.46. The quantitative estimate of drug-likeness (QED) is 0.904. The lowest BCUT2D eigenvalue weighted by molar-refractivity contribution is -0.130. The van der Waals surface area contributed by atoms with Crippen molar-refractivity contribution in [1.29, 1.82) is 0 Å². The predicted molar refractivity (Wildman–Crippen MR) is 87.6 cm³/mol. The average molecular weight is 317 g/mol. The topological polar surface area (TPSA) is 66.3 Å². The van der Waals surface area contributed by atoms with Crippen molar-refractivity contribution in [1.82, 2.24) is 14.9 Å². The molecule has 23 heavy (non-hydrogen) atoms. The van der Waals surface area contributed by atoms with Gasteiger partial charge >= 0.3 is 0 Å². The number of aliphatic hydroxyl groups excluding tert-OH is 1. The maximum atomic E-state index is 12.4. The number of hydrogen-bond donors (Lipinski definition) is 1. The Bertz CT molecular complexity index is 502. The van der Waals surface area contributed by atoms with E-state index in [1.807, 2.05) is 4.90 Å². The lowest BCUT2D eigenvalue weighted by Crippen LogP contribution is -2.30. The fraction of sp³-hybridized carbons (Fsp3) is 0.722. The van der Waals surface area contributed by atoms with Crippen LogP contribution in [0.25, 0.3) is 0 Å². The van der Waals surface area contributed by atoms with E-state index in [1.165, 1.54) is 32.1 Å². The van der Waals surface area contributed by atoms with Gasteiger partial charge in [-0.15, -0.1) is 0 Å². The lowest BCUT2D eigenvalue weighted by atomic mass is 9.86. The molecule has 0 radical (unpaired) electrons. The first-order valence-corrected chi connectivity index (χ1v) is 8.93. The van der Waals surface area contributed by atoms with Crippen molar-refractivity contribution in [3.05, 3.63) is 24.3 Å². The zero-order valence-corrected chi connectivity index (χ0v) is 13.7. The van der Waals surface area contributed by atoms with Gasteiger partial charge in [0.1, 0.15) is 0 Å². The number of likely N-dealkylation sites (tertiary alicyclic amines) is 1. The number of carbonyl (C=O) groups is 1. The predicted octanol–water partition coefficient (Wildman–Crippen LogP) is 2.20. The van der Waals surface area contributed by atoms with Gasteiger partial charge in [0, 0.05) is 44.0 Å². The number of carbonyl (C=O) groups excluding carboxylic acids is 1. The fourth-order valence-corrected chi connectivity index (χ4v) is 3.92. The van der Waals surface area contributed by atoms with Crippen LogP contribution in [0.2, 0.25) is 0 Å². The molecule has 1 aliphatic heterocycles. The highest BCUT2D eigenvalue weighted by molar-refractivity contribution is 5.76. The Morgan fingerprint density at radius 1 is 1.22 bits per heavy atom. The maximum absolute atomic E-state index is 12.4. The van der Waals surface area contributed by atoms with Gasteiger partial charge in [-0.2, -0.15) is 0 Å². The minimum absolute atomic E-state index is 0.0744. The van der Waals surface area contributed by atoms with E-state index in [9.17, 15) is 9.90 Å². The normalized spacial score (nSPS) is 25.7. The Kier molecular flexibility index (Phi) is 5.60. The first-order valence-electron chi connectivity index (χ1n) is 8.93. The van der Waals surface area contributed by atoms with Crippen LogP contribution in [-0.2, 0) is 11.2 Å². The molecule has 1 aliphatic carbocycles. The third kappa shape index (κ3) is 4.50. The molecule has 1 N–H and O–H groups in total. The van der Waals surface area contributed by atoms with Crippen LogP contribution in [-0.4, -0.2) is 45.1 Å². The summed E-state index contributed by atoms with van der Waals surface area (Å²) in [6, 6.07) is 0. The van der Waals surface area contributed by atoms with Crippen LogP contribution in [0.15, 0.2) is 18.6 Å². The van der Waals surface area contributed by atoms with E-state index in [2.05, 4.69) is 9.97 Å². The third-order valence-corrected chi connectivity index (χ3v) is 5.34. The molecular formula is C18H27N3O2. The monoisotopic (exact) mass is 317 g/mol. The van der Waals surface area contributed by atoms with Crippen LogP contribution in [0, 0.1) is 11.8 Å². The number of nitrogens with zero attached hydrogens (tertiary/aromatic N) is 3. The summed E-state index contributed by atoms with van der Waals surface area (Å²) in [7, 11) is 0. The molecule has 2 atom stereocenters. The molecule has 2 fully saturated rings. The van der Waals surface area contributed by atoms with Crippen molar-refractivity contribution in [2.45, 2.75) is 57.5 Å². The molecule has 1 aromatic heterocycles. The van der Waals surface area contributed by atoms with Crippen LogP contribution in [0.1, 0.15) is 50.6 Å². The maximum Gasteiger partial charge on any atom is 0.222 e. The minimum atomic E-state index is -0.448. The Labute approximate surface area is 138 Å². The highest BCUT2D eigenvalue weighted by Gasteiger charge is 2.34. The van der Waals surface area contributed by atoms with Gasteiger partial charge in [0.2, 0.25) is 5.91 Å². The summed E-state index contributed by atoms with van der Waals surface area (Å²) in [5.74, 6) is 1.01. The molecule has 0 bridgehead atoms. The number of aromatic nitrogens is 2. The zero-order chi connectivity index (χ0) is 16.1. The van der Waals surface area contributed by atoms with Crippen LogP contribution in [0.4, 0.5) is 0 Å². The minimum Gasteiger partial charge on any atom is -0.391 e. The fourth-order valence-electron chi connectivity index (χ4n) is 3.92. The zero-order valence-electron chi connectivity index (χ0n) is 13.7. The van der Waals surface area contributed by atoms with Gasteiger partial charge in [0.15, 0.2) is 0 Å². The molecule has 1 saturated carbocycles. The number of β-amino-alcohol motifs (C(OH)–C–C–N with tert-alkyl or cyclic N) is 1. The summed E-state index contributed by atoms with van der Waals surface area (Å²) in [5.41, 5.74) is 0.882. The van der Waals surface area contributed by atoms with Crippen LogP contribution in [0.3, 0.4) is 0 Å². The summed E-state index contributed by atoms with van der Waals surface area (Å²) in [4.78, 5) is 22.6. The Hall–Kier alpha value is -1.49. The van der Waals surface area contributed by atoms with Crippen molar-refractivity contribution in [2.24, 2.45) is 11.8 Å². The summed E-state index contributed by atoms with van der Waals surface area (Å²) in [6.45, 7) is 1.11. The van der Waals surface area contributed by atoms with Gasteiger partial charge in [0.05, 0.1) is 11.8 Å². The van der Waals surface area contributed by atoms with Crippen molar-refractivity contribution in [2.75, 3.05) is 13.1 Å². The SMILES string of the molecule is O=C(CCC1CCCCC1)N1CC(O)C(Cc2cnccn2)C1. The second-order valence-corrected chi connectivity index (χ2v) is 7.07.